The Balaban J connectivity index is 3.16. The number of nitro groups is 1. The van der Waals surface area contributed by atoms with E-state index in [4.69, 9.17) is 11.6 Å². The summed E-state index contributed by atoms with van der Waals surface area (Å²) in [5, 5.41) is 10.5. The fourth-order valence-corrected chi connectivity index (χ4v) is 2.25. The van der Waals surface area contributed by atoms with Gasteiger partial charge < -0.3 is 0 Å². The van der Waals surface area contributed by atoms with Crippen LogP contribution >= 0.6 is 11.6 Å². The molecule has 8 heteroatoms. The van der Waals surface area contributed by atoms with E-state index in [1.807, 2.05) is 0 Å². The molecule has 0 spiro atoms. The van der Waals surface area contributed by atoms with Gasteiger partial charge in [0.15, 0.2) is 0 Å². The molecule has 0 unspecified atom stereocenters. The molecule has 0 saturated heterocycles. The first-order valence-electron chi connectivity index (χ1n) is 4.72. The minimum absolute atomic E-state index is 0.0265. The van der Waals surface area contributed by atoms with Crippen molar-refractivity contribution in [2.24, 2.45) is 0 Å². The summed E-state index contributed by atoms with van der Waals surface area (Å²) in [6.45, 7) is 1.78. The molecular weight excluding hydrogens is 270 g/mol. The average molecular weight is 280 g/mol. The van der Waals surface area contributed by atoms with E-state index in [0.29, 0.717) is 6.42 Å². The van der Waals surface area contributed by atoms with Crippen LogP contribution in [0.1, 0.15) is 13.3 Å². The van der Waals surface area contributed by atoms with Crippen LogP contribution in [0.2, 0.25) is 5.02 Å². The highest BCUT2D eigenvalue weighted by Crippen LogP contribution is 2.27. The van der Waals surface area contributed by atoms with E-state index in [9.17, 15) is 18.5 Å². The predicted molar refractivity (Wildman–Crippen MR) is 61.5 cm³/mol. The van der Waals surface area contributed by atoms with Crippen molar-refractivity contribution in [3.8, 4) is 0 Å². The van der Waals surface area contributed by atoms with Gasteiger partial charge in [-0.1, -0.05) is 18.5 Å². The van der Waals surface area contributed by atoms with E-state index < -0.39 is 20.7 Å². The molecule has 1 rings (SSSR count). The van der Waals surface area contributed by atoms with Gasteiger partial charge in [0.1, 0.15) is 9.92 Å². The maximum Gasteiger partial charge on any atom is 0.297 e. The zero-order chi connectivity index (χ0) is 13.1. The van der Waals surface area contributed by atoms with E-state index in [1.54, 1.807) is 6.92 Å². The number of hydrogen-bond donors (Lipinski definition) is 0. The first-order valence-corrected chi connectivity index (χ1v) is 6.50. The van der Waals surface area contributed by atoms with Gasteiger partial charge in [-0.25, -0.2) is 0 Å². The van der Waals surface area contributed by atoms with Crippen molar-refractivity contribution in [1.29, 1.82) is 0 Å². The maximum absolute atomic E-state index is 11.6. The van der Waals surface area contributed by atoms with Crippen LogP contribution in [-0.2, 0) is 14.3 Å². The molecule has 0 radical (unpaired) electrons. The zero-order valence-electron chi connectivity index (χ0n) is 8.92. The Bertz CT molecular complexity index is 528. The average Bonchev–Trinajstić information content (AvgIpc) is 2.26. The van der Waals surface area contributed by atoms with Gasteiger partial charge in [0.25, 0.3) is 15.8 Å². The van der Waals surface area contributed by atoms with E-state index in [-0.39, 0.29) is 16.5 Å². The Morgan fingerprint density at radius 1 is 1.47 bits per heavy atom. The Kier molecular flexibility index (Phi) is 4.44. The lowest BCUT2D eigenvalue weighted by Crippen LogP contribution is -2.07. The normalized spacial score (nSPS) is 11.4. The fraction of sp³-hybridized carbons (Fsp3) is 0.333. The first-order chi connectivity index (χ1) is 7.88. The number of benzene rings is 1. The summed E-state index contributed by atoms with van der Waals surface area (Å²) in [7, 11) is -3.96. The number of halogens is 1. The Morgan fingerprint density at radius 2 is 2.12 bits per heavy atom. The quantitative estimate of drug-likeness (QED) is 0.469. The standard InChI is InChI=1S/C9H10ClNO5S/c1-2-5-16-17(14,15)7-3-4-8(10)9(6-7)11(12)13/h3-4,6H,2,5H2,1H3. The van der Waals surface area contributed by atoms with E-state index >= 15 is 0 Å². The van der Waals surface area contributed by atoms with E-state index in [2.05, 4.69) is 4.18 Å². The van der Waals surface area contributed by atoms with Crippen LogP contribution < -0.4 is 0 Å². The summed E-state index contributed by atoms with van der Waals surface area (Å²) in [6.07, 6.45) is 0.523. The molecule has 17 heavy (non-hydrogen) atoms. The minimum atomic E-state index is -3.96. The van der Waals surface area contributed by atoms with Crippen molar-refractivity contribution >= 4 is 27.4 Å². The molecule has 0 aromatic heterocycles. The summed E-state index contributed by atoms with van der Waals surface area (Å²) in [5.41, 5.74) is -0.465. The highest BCUT2D eigenvalue weighted by molar-refractivity contribution is 7.86. The Hall–Kier alpha value is -1.18. The van der Waals surface area contributed by atoms with Gasteiger partial charge in [0.2, 0.25) is 0 Å². The van der Waals surface area contributed by atoms with Crippen LogP contribution in [-0.4, -0.2) is 19.9 Å². The fourth-order valence-electron chi connectivity index (χ4n) is 1.05. The second-order valence-corrected chi connectivity index (χ2v) is 5.17. The van der Waals surface area contributed by atoms with Gasteiger partial charge in [-0.2, -0.15) is 8.42 Å². The summed E-state index contributed by atoms with van der Waals surface area (Å²) in [5.74, 6) is 0. The van der Waals surface area contributed by atoms with Gasteiger partial charge in [-0.15, -0.1) is 0 Å². The molecule has 0 aliphatic carbocycles. The molecule has 0 bridgehead atoms. The third kappa shape index (κ3) is 3.39. The van der Waals surface area contributed by atoms with Crippen LogP contribution in [0.4, 0.5) is 5.69 Å². The molecule has 0 atom stereocenters. The van der Waals surface area contributed by atoms with Gasteiger partial charge in [-0.05, 0) is 18.6 Å². The maximum atomic E-state index is 11.6. The Morgan fingerprint density at radius 3 is 2.65 bits per heavy atom. The molecule has 0 N–H and O–H groups in total. The van der Waals surface area contributed by atoms with Crippen molar-refractivity contribution in [2.45, 2.75) is 18.2 Å². The van der Waals surface area contributed by atoms with Crippen molar-refractivity contribution in [2.75, 3.05) is 6.61 Å². The summed E-state index contributed by atoms with van der Waals surface area (Å²) in [6, 6.07) is 3.20. The van der Waals surface area contributed by atoms with Gasteiger partial charge in [-0.3, -0.25) is 14.3 Å². The second-order valence-electron chi connectivity index (χ2n) is 3.15. The molecule has 0 aliphatic rings. The lowest BCUT2D eigenvalue weighted by molar-refractivity contribution is -0.384. The zero-order valence-corrected chi connectivity index (χ0v) is 10.5. The van der Waals surface area contributed by atoms with Crippen LogP contribution in [0.15, 0.2) is 23.1 Å². The smallest absolute Gasteiger partial charge is 0.266 e. The number of nitro benzene ring substituents is 1. The molecule has 0 amide bonds. The summed E-state index contributed by atoms with van der Waals surface area (Å²) in [4.78, 5) is 9.58. The summed E-state index contributed by atoms with van der Waals surface area (Å²) >= 11 is 5.57. The lowest BCUT2D eigenvalue weighted by Gasteiger charge is -2.04. The predicted octanol–water partition coefficient (Wildman–Crippen LogP) is 2.36. The molecule has 0 heterocycles. The molecule has 0 aliphatic heterocycles. The highest BCUT2D eigenvalue weighted by Gasteiger charge is 2.21. The Labute approximate surface area is 103 Å². The molecule has 1 aromatic rings. The minimum Gasteiger partial charge on any atom is -0.266 e. The van der Waals surface area contributed by atoms with E-state index in [1.165, 1.54) is 6.07 Å². The number of hydrogen-bond acceptors (Lipinski definition) is 5. The van der Waals surface area contributed by atoms with Gasteiger partial charge >= 0.3 is 0 Å². The van der Waals surface area contributed by atoms with Crippen LogP contribution in [0.3, 0.4) is 0 Å². The van der Waals surface area contributed by atoms with Crippen molar-refractivity contribution in [3.63, 3.8) is 0 Å². The van der Waals surface area contributed by atoms with Crippen LogP contribution in [0, 0.1) is 10.1 Å². The van der Waals surface area contributed by atoms with Crippen molar-refractivity contribution in [1.82, 2.24) is 0 Å². The lowest BCUT2D eigenvalue weighted by atomic mass is 10.3. The number of rotatable bonds is 5. The monoisotopic (exact) mass is 279 g/mol. The molecule has 94 valence electrons. The molecular formula is C9H10ClNO5S. The van der Waals surface area contributed by atoms with Crippen LogP contribution in [0.5, 0.6) is 0 Å². The second kappa shape index (κ2) is 5.44. The SMILES string of the molecule is CCCOS(=O)(=O)c1ccc(Cl)c([N+](=O)[O-])c1. The number of nitrogens with zero attached hydrogens (tertiary/aromatic N) is 1. The molecule has 0 fully saturated rings. The third-order valence-corrected chi connectivity index (χ3v) is 3.47. The van der Waals surface area contributed by atoms with Crippen LogP contribution in [0.25, 0.3) is 0 Å². The third-order valence-electron chi connectivity index (χ3n) is 1.85. The first kappa shape index (κ1) is 13.9. The van der Waals surface area contributed by atoms with Gasteiger partial charge in [0.05, 0.1) is 11.5 Å². The largest absolute Gasteiger partial charge is 0.297 e. The topological polar surface area (TPSA) is 86.5 Å². The van der Waals surface area contributed by atoms with E-state index in [0.717, 1.165) is 12.1 Å². The van der Waals surface area contributed by atoms with Crippen molar-refractivity contribution in [3.05, 3.63) is 33.3 Å². The molecule has 1 aromatic carbocycles. The molecule has 6 nitrogen and oxygen atoms in total. The van der Waals surface area contributed by atoms with Crippen molar-refractivity contribution < 1.29 is 17.5 Å². The van der Waals surface area contributed by atoms with Gasteiger partial charge in [0, 0.05) is 6.07 Å². The molecule has 0 saturated carbocycles. The highest BCUT2D eigenvalue weighted by atomic mass is 35.5. The summed E-state index contributed by atoms with van der Waals surface area (Å²) < 4.78 is 27.8.